The molecular weight excluding hydrogens is 266 g/mol. The molecule has 0 bridgehead atoms. The van der Waals surface area contributed by atoms with Gasteiger partial charge in [0, 0.05) is 37.6 Å². The number of benzene rings is 1. The number of carbonyl (C=O) groups excluding carboxylic acids is 1. The molecule has 21 heavy (non-hydrogen) atoms. The molecule has 1 fully saturated rings. The lowest BCUT2D eigenvalue weighted by atomic mass is 10.2. The van der Waals surface area contributed by atoms with Crippen LogP contribution in [0.5, 0.6) is 0 Å². The van der Waals surface area contributed by atoms with Gasteiger partial charge in [0.05, 0.1) is 11.8 Å². The third kappa shape index (κ3) is 2.72. The summed E-state index contributed by atoms with van der Waals surface area (Å²) in [6.07, 6.45) is 1.56. The summed E-state index contributed by atoms with van der Waals surface area (Å²) in [5, 5.41) is 0. The van der Waals surface area contributed by atoms with Crippen molar-refractivity contribution in [1.82, 2.24) is 4.90 Å². The van der Waals surface area contributed by atoms with Crippen molar-refractivity contribution in [2.75, 3.05) is 36.8 Å². The van der Waals surface area contributed by atoms with Crippen LogP contribution in [0.15, 0.2) is 41.0 Å². The second-order valence-corrected chi connectivity index (χ2v) is 5.26. The third-order valence-corrected chi connectivity index (χ3v) is 3.91. The first-order chi connectivity index (χ1) is 10.1. The molecule has 2 heterocycles. The molecule has 2 N–H and O–H groups in total. The van der Waals surface area contributed by atoms with Gasteiger partial charge >= 0.3 is 0 Å². The Balaban J connectivity index is 1.64. The standard InChI is InChI=1S/C16H19N3O2/c1-12-15(6-11-21-12)16(20)19-9-7-18(8-10-19)14-4-2-13(17)3-5-14/h2-6,11H,7-10,17H2,1H3. The average Bonchev–Trinajstić information content (AvgIpc) is 2.94. The highest BCUT2D eigenvalue weighted by Crippen LogP contribution is 2.19. The van der Waals surface area contributed by atoms with Gasteiger partial charge < -0.3 is 20.0 Å². The lowest BCUT2D eigenvalue weighted by Crippen LogP contribution is -2.48. The van der Waals surface area contributed by atoms with Gasteiger partial charge in [-0.05, 0) is 37.3 Å². The van der Waals surface area contributed by atoms with Gasteiger partial charge in [0.25, 0.3) is 5.91 Å². The molecule has 0 radical (unpaired) electrons. The summed E-state index contributed by atoms with van der Waals surface area (Å²) >= 11 is 0. The van der Waals surface area contributed by atoms with Crippen LogP contribution in [0.2, 0.25) is 0 Å². The van der Waals surface area contributed by atoms with Crippen molar-refractivity contribution in [2.45, 2.75) is 6.92 Å². The Kier molecular flexibility index (Phi) is 3.56. The molecule has 2 aromatic rings. The molecular formula is C16H19N3O2. The molecule has 0 saturated carbocycles. The number of hydrogen-bond acceptors (Lipinski definition) is 4. The highest BCUT2D eigenvalue weighted by molar-refractivity contribution is 5.95. The number of nitrogens with two attached hydrogens (primary N) is 1. The van der Waals surface area contributed by atoms with E-state index in [9.17, 15) is 4.79 Å². The fourth-order valence-corrected chi connectivity index (χ4v) is 2.63. The Hall–Kier alpha value is -2.43. The highest BCUT2D eigenvalue weighted by Gasteiger charge is 2.24. The topological polar surface area (TPSA) is 62.7 Å². The predicted molar refractivity (Wildman–Crippen MR) is 82.4 cm³/mol. The van der Waals surface area contributed by atoms with Crippen molar-refractivity contribution in [3.05, 3.63) is 47.9 Å². The van der Waals surface area contributed by atoms with Crippen molar-refractivity contribution in [1.29, 1.82) is 0 Å². The Morgan fingerprint density at radius 1 is 1.10 bits per heavy atom. The molecule has 1 aliphatic heterocycles. The van der Waals surface area contributed by atoms with Crippen LogP contribution in [0.4, 0.5) is 11.4 Å². The second kappa shape index (κ2) is 5.52. The second-order valence-electron chi connectivity index (χ2n) is 5.26. The smallest absolute Gasteiger partial charge is 0.257 e. The Bertz CT molecular complexity index is 625. The minimum atomic E-state index is 0.0539. The molecule has 0 aliphatic carbocycles. The van der Waals surface area contributed by atoms with Gasteiger partial charge in [-0.2, -0.15) is 0 Å². The lowest BCUT2D eigenvalue weighted by molar-refractivity contribution is 0.0745. The third-order valence-electron chi connectivity index (χ3n) is 3.91. The van der Waals surface area contributed by atoms with E-state index in [-0.39, 0.29) is 5.91 Å². The van der Waals surface area contributed by atoms with E-state index in [0.29, 0.717) is 24.4 Å². The van der Waals surface area contributed by atoms with Gasteiger partial charge in [0.2, 0.25) is 0 Å². The molecule has 0 unspecified atom stereocenters. The first-order valence-corrected chi connectivity index (χ1v) is 7.09. The molecule has 3 rings (SSSR count). The number of amides is 1. The molecule has 1 amide bonds. The van der Waals surface area contributed by atoms with E-state index in [1.165, 1.54) is 0 Å². The van der Waals surface area contributed by atoms with Crippen molar-refractivity contribution < 1.29 is 9.21 Å². The molecule has 5 nitrogen and oxygen atoms in total. The van der Waals surface area contributed by atoms with Crippen LogP contribution in [-0.4, -0.2) is 37.0 Å². The molecule has 110 valence electrons. The Morgan fingerprint density at radius 2 is 1.76 bits per heavy atom. The monoisotopic (exact) mass is 285 g/mol. The van der Waals surface area contributed by atoms with Crippen molar-refractivity contribution in [3.8, 4) is 0 Å². The fraction of sp³-hybridized carbons (Fsp3) is 0.312. The minimum absolute atomic E-state index is 0.0539. The van der Waals surface area contributed by atoms with E-state index in [1.807, 2.05) is 36.1 Å². The molecule has 1 aromatic heterocycles. The highest BCUT2D eigenvalue weighted by atomic mass is 16.3. The molecule has 1 aromatic carbocycles. The number of nitrogens with zero attached hydrogens (tertiary/aromatic N) is 2. The van der Waals surface area contributed by atoms with Gasteiger partial charge in [-0.25, -0.2) is 0 Å². The molecule has 0 spiro atoms. The van der Waals surface area contributed by atoms with Crippen LogP contribution in [-0.2, 0) is 0 Å². The normalized spacial score (nSPS) is 15.3. The quantitative estimate of drug-likeness (QED) is 0.859. The number of anilines is 2. The summed E-state index contributed by atoms with van der Waals surface area (Å²) in [5.41, 5.74) is 8.28. The van der Waals surface area contributed by atoms with E-state index in [2.05, 4.69) is 4.90 Å². The van der Waals surface area contributed by atoms with Gasteiger partial charge in [0.15, 0.2) is 0 Å². The number of aryl methyl sites for hydroxylation is 1. The first-order valence-electron chi connectivity index (χ1n) is 7.09. The number of hydrogen-bond donors (Lipinski definition) is 1. The molecule has 0 atom stereocenters. The number of rotatable bonds is 2. The maximum Gasteiger partial charge on any atom is 0.257 e. The number of carbonyl (C=O) groups is 1. The van der Waals surface area contributed by atoms with Gasteiger partial charge in [-0.15, -0.1) is 0 Å². The first kappa shape index (κ1) is 13.5. The van der Waals surface area contributed by atoms with Crippen molar-refractivity contribution in [2.24, 2.45) is 0 Å². The van der Waals surface area contributed by atoms with E-state index in [1.54, 1.807) is 12.3 Å². The maximum atomic E-state index is 12.4. The molecule has 5 heteroatoms. The summed E-state index contributed by atoms with van der Waals surface area (Å²) in [4.78, 5) is 16.6. The summed E-state index contributed by atoms with van der Waals surface area (Å²) < 4.78 is 5.21. The zero-order chi connectivity index (χ0) is 14.8. The van der Waals surface area contributed by atoms with Gasteiger partial charge in [-0.1, -0.05) is 0 Å². The van der Waals surface area contributed by atoms with Crippen LogP contribution in [0.1, 0.15) is 16.1 Å². The zero-order valence-electron chi connectivity index (χ0n) is 12.1. The SMILES string of the molecule is Cc1occc1C(=O)N1CCN(c2ccc(N)cc2)CC1. The van der Waals surface area contributed by atoms with Gasteiger partial charge in [-0.3, -0.25) is 4.79 Å². The van der Waals surface area contributed by atoms with Crippen molar-refractivity contribution in [3.63, 3.8) is 0 Å². The molecule has 1 saturated heterocycles. The summed E-state index contributed by atoms with van der Waals surface area (Å²) in [5.74, 6) is 0.735. The van der Waals surface area contributed by atoms with Crippen molar-refractivity contribution >= 4 is 17.3 Å². The summed E-state index contributed by atoms with van der Waals surface area (Å²) in [6.45, 7) is 4.90. The number of piperazine rings is 1. The van der Waals surface area contributed by atoms with E-state index in [0.717, 1.165) is 24.5 Å². The van der Waals surface area contributed by atoms with Crippen LogP contribution < -0.4 is 10.6 Å². The number of furan rings is 1. The fourth-order valence-electron chi connectivity index (χ4n) is 2.63. The summed E-state index contributed by atoms with van der Waals surface area (Å²) in [7, 11) is 0. The average molecular weight is 285 g/mol. The number of nitrogen functional groups attached to an aromatic ring is 1. The van der Waals surface area contributed by atoms with Crippen LogP contribution in [0.25, 0.3) is 0 Å². The molecule has 1 aliphatic rings. The van der Waals surface area contributed by atoms with Crippen LogP contribution in [0, 0.1) is 6.92 Å². The maximum absolute atomic E-state index is 12.4. The lowest BCUT2D eigenvalue weighted by Gasteiger charge is -2.36. The Labute approximate surface area is 123 Å². The minimum Gasteiger partial charge on any atom is -0.469 e. The Morgan fingerprint density at radius 3 is 2.33 bits per heavy atom. The zero-order valence-corrected chi connectivity index (χ0v) is 12.1. The van der Waals surface area contributed by atoms with E-state index >= 15 is 0 Å². The van der Waals surface area contributed by atoms with Gasteiger partial charge in [0.1, 0.15) is 5.76 Å². The van der Waals surface area contributed by atoms with Crippen LogP contribution in [0.3, 0.4) is 0 Å². The summed E-state index contributed by atoms with van der Waals surface area (Å²) in [6, 6.07) is 9.59. The largest absolute Gasteiger partial charge is 0.469 e. The van der Waals surface area contributed by atoms with Crippen LogP contribution >= 0.6 is 0 Å². The predicted octanol–water partition coefficient (Wildman–Crippen LogP) is 2.13. The van der Waals surface area contributed by atoms with E-state index < -0.39 is 0 Å². The van der Waals surface area contributed by atoms with E-state index in [4.69, 9.17) is 10.2 Å².